The van der Waals surface area contributed by atoms with Gasteiger partial charge in [0.15, 0.2) is 0 Å². The molecule has 2 fully saturated rings. The van der Waals surface area contributed by atoms with Crippen molar-refractivity contribution in [3.8, 4) is 11.3 Å². The molecular weight excluding hydrogens is 462 g/mol. The topological polar surface area (TPSA) is 93.2 Å². The lowest BCUT2D eigenvalue weighted by atomic mass is 9.75. The Morgan fingerprint density at radius 1 is 1.03 bits per heavy atom. The normalized spacial score (nSPS) is 22.7. The number of hydrogen-bond acceptors (Lipinski definition) is 5. The van der Waals surface area contributed by atoms with E-state index in [0.29, 0.717) is 49.5 Å². The number of amides is 1. The van der Waals surface area contributed by atoms with Crippen molar-refractivity contribution in [2.45, 2.75) is 37.3 Å². The van der Waals surface area contributed by atoms with Gasteiger partial charge in [-0.25, -0.2) is 4.68 Å². The van der Waals surface area contributed by atoms with Crippen LogP contribution in [0.25, 0.3) is 11.3 Å². The molecule has 8 heteroatoms. The summed E-state index contributed by atoms with van der Waals surface area (Å²) in [7, 11) is 0. The van der Waals surface area contributed by atoms with Crippen molar-refractivity contribution < 1.29 is 4.79 Å². The number of aromatic nitrogens is 2. The van der Waals surface area contributed by atoms with Crippen molar-refractivity contribution in [1.29, 1.82) is 0 Å². The average Bonchev–Trinajstić information content (AvgIpc) is 2.90. The number of piperazine rings is 1. The number of nitrogens with one attached hydrogen (secondary N) is 1. The van der Waals surface area contributed by atoms with Gasteiger partial charge in [-0.15, -0.1) is 0 Å². The highest BCUT2D eigenvalue weighted by atomic mass is 35.5. The van der Waals surface area contributed by atoms with E-state index in [4.69, 9.17) is 22.4 Å². The van der Waals surface area contributed by atoms with Crippen molar-refractivity contribution in [2.75, 3.05) is 26.2 Å². The van der Waals surface area contributed by atoms with E-state index in [1.54, 1.807) is 11.0 Å². The maximum absolute atomic E-state index is 13.6. The fourth-order valence-corrected chi connectivity index (χ4v) is 5.34. The molecule has 2 aliphatic rings. The van der Waals surface area contributed by atoms with Crippen molar-refractivity contribution in [2.24, 2.45) is 5.73 Å². The van der Waals surface area contributed by atoms with Crippen LogP contribution >= 0.6 is 11.6 Å². The third-order valence-electron chi connectivity index (χ3n) is 7.23. The van der Waals surface area contributed by atoms with Gasteiger partial charge >= 0.3 is 0 Å². The van der Waals surface area contributed by atoms with Crippen LogP contribution in [0, 0.1) is 0 Å². The van der Waals surface area contributed by atoms with E-state index in [1.165, 1.54) is 4.68 Å². The summed E-state index contributed by atoms with van der Waals surface area (Å²) in [6.07, 6.45) is 2.77. The minimum atomic E-state index is -0.499. The minimum Gasteiger partial charge on any atom is -0.336 e. The summed E-state index contributed by atoms with van der Waals surface area (Å²) in [5.74, 6) is -0.229. The summed E-state index contributed by atoms with van der Waals surface area (Å²) < 4.78 is 1.54. The molecule has 0 spiro atoms. The zero-order valence-electron chi connectivity index (χ0n) is 19.6. The van der Waals surface area contributed by atoms with Crippen LogP contribution in [0.5, 0.6) is 0 Å². The second kappa shape index (κ2) is 9.93. The number of hydrogen-bond donors (Lipinski definition) is 2. The second-order valence-electron chi connectivity index (χ2n) is 9.50. The third kappa shape index (κ3) is 4.89. The van der Waals surface area contributed by atoms with Crippen molar-refractivity contribution in [3.05, 3.63) is 87.2 Å². The van der Waals surface area contributed by atoms with Gasteiger partial charge < -0.3 is 16.0 Å². The van der Waals surface area contributed by atoms with Crippen LogP contribution in [-0.4, -0.2) is 46.8 Å². The van der Waals surface area contributed by atoms with Gasteiger partial charge in [-0.05, 0) is 49.4 Å². The van der Waals surface area contributed by atoms with Crippen LogP contribution in [0.4, 0.5) is 0 Å². The molecule has 1 aliphatic carbocycles. The molecule has 0 bridgehead atoms. The number of nitrogens with zero attached hydrogens (tertiary/aromatic N) is 3. The molecule has 0 atom stereocenters. The van der Waals surface area contributed by atoms with E-state index >= 15 is 0 Å². The fraction of sp³-hybridized carbons (Fsp3) is 0.370. The first-order valence-corrected chi connectivity index (χ1v) is 12.6. The van der Waals surface area contributed by atoms with Crippen molar-refractivity contribution in [1.82, 2.24) is 20.0 Å². The molecule has 0 radical (unpaired) electrons. The van der Waals surface area contributed by atoms with Gasteiger partial charge in [0.05, 0.1) is 11.7 Å². The lowest BCUT2D eigenvalue weighted by Gasteiger charge is -2.38. The summed E-state index contributed by atoms with van der Waals surface area (Å²) in [6.45, 7) is 2.61. The van der Waals surface area contributed by atoms with Gasteiger partial charge in [-0.1, -0.05) is 54.1 Å². The van der Waals surface area contributed by atoms with Crippen molar-refractivity contribution in [3.63, 3.8) is 0 Å². The van der Waals surface area contributed by atoms with E-state index in [-0.39, 0.29) is 23.1 Å². The molecule has 1 amide bonds. The molecule has 182 valence electrons. The van der Waals surface area contributed by atoms with Crippen molar-refractivity contribution >= 4 is 17.5 Å². The zero-order chi connectivity index (χ0) is 24.4. The Morgan fingerprint density at radius 3 is 2.43 bits per heavy atom. The lowest BCUT2D eigenvalue weighted by molar-refractivity contribution is 0.0732. The lowest BCUT2D eigenvalue weighted by Crippen LogP contribution is -2.48. The number of rotatable bonds is 4. The summed E-state index contributed by atoms with van der Waals surface area (Å²) in [6, 6.07) is 18.9. The van der Waals surface area contributed by atoms with E-state index in [0.717, 1.165) is 24.2 Å². The summed E-state index contributed by atoms with van der Waals surface area (Å²) in [5, 5.41) is 8.66. The van der Waals surface area contributed by atoms with Gasteiger partial charge in [0.25, 0.3) is 11.5 Å². The monoisotopic (exact) mass is 491 g/mol. The first-order chi connectivity index (χ1) is 16.9. The van der Waals surface area contributed by atoms with E-state index in [1.807, 2.05) is 54.6 Å². The maximum atomic E-state index is 13.6. The van der Waals surface area contributed by atoms with Crippen LogP contribution < -0.4 is 16.6 Å². The number of nitrogens with two attached hydrogens (primary N) is 1. The van der Waals surface area contributed by atoms with E-state index in [2.05, 4.69) is 5.32 Å². The molecular formula is C27H30ClN5O2. The average molecular weight is 492 g/mol. The number of carbonyl (C=O) groups excluding carboxylic acids is 1. The fourth-order valence-electron chi connectivity index (χ4n) is 5.15. The third-order valence-corrected chi connectivity index (χ3v) is 7.47. The van der Waals surface area contributed by atoms with Gasteiger partial charge in [0, 0.05) is 42.3 Å². The predicted octanol–water partition coefficient (Wildman–Crippen LogP) is 3.58. The SMILES string of the molecule is NC1(c2cccc(Cl)c2)CCC(n2nc(-c3ccccc3)cc(C(=O)N3CCNCC3)c2=O)CC1. The second-order valence-corrected chi connectivity index (χ2v) is 9.94. The Bertz CT molecular complexity index is 1260. The Labute approximate surface area is 209 Å². The van der Waals surface area contributed by atoms with Gasteiger partial charge in [-0.2, -0.15) is 5.10 Å². The maximum Gasteiger partial charge on any atom is 0.279 e. The standard InChI is InChI=1S/C27H30ClN5O2/c28-21-8-4-7-20(17-21)27(29)11-9-22(10-12-27)33-26(35)23(25(34)32-15-13-30-14-16-32)18-24(31-33)19-5-2-1-3-6-19/h1-8,17-18,22,30H,9-16,29H2. The largest absolute Gasteiger partial charge is 0.336 e. The quantitative estimate of drug-likeness (QED) is 0.582. The molecule has 3 N–H and O–H groups in total. The highest BCUT2D eigenvalue weighted by Crippen LogP contribution is 2.39. The molecule has 0 unspecified atom stereocenters. The van der Waals surface area contributed by atoms with Gasteiger partial charge in [0.2, 0.25) is 0 Å². The highest BCUT2D eigenvalue weighted by molar-refractivity contribution is 6.30. The smallest absolute Gasteiger partial charge is 0.279 e. The number of benzene rings is 2. The molecule has 1 aliphatic heterocycles. The molecule has 1 aromatic heterocycles. The molecule has 1 saturated heterocycles. The summed E-state index contributed by atoms with van der Waals surface area (Å²) in [5.41, 5.74) is 8.66. The Balaban J connectivity index is 1.48. The predicted molar refractivity (Wildman–Crippen MR) is 138 cm³/mol. The summed E-state index contributed by atoms with van der Waals surface area (Å²) >= 11 is 6.21. The van der Waals surface area contributed by atoms with Crippen LogP contribution in [0.2, 0.25) is 5.02 Å². The van der Waals surface area contributed by atoms with Crippen LogP contribution in [-0.2, 0) is 5.54 Å². The molecule has 3 aromatic rings. The molecule has 2 aromatic carbocycles. The minimum absolute atomic E-state index is 0.128. The van der Waals surface area contributed by atoms with Crippen LogP contribution in [0.1, 0.15) is 47.6 Å². The first-order valence-electron chi connectivity index (χ1n) is 12.2. The zero-order valence-corrected chi connectivity index (χ0v) is 20.4. The number of halogens is 1. The van der Waals surface area contributed by atoms with E-state index < -0.39 is 5.54 Å². The molecule has 7 nitrogen and oxygen atoms in total. The van der Waals surface area contributed by atoms with Gasteiger partial charge in [0.1, 0.15) is 5.56 Å². The molecule has 1 saturated carbocycles. The van der Waals surface area contributed by atoms with E-state index in [9.17, 15) is 9.59 Å². The Kier molecular flexibility index (Phi) is 6.73. The Hall–Kier alpha value is -3.00. The molecule has 35 heavy (non-hydrogen) atoms. The van der Waals surface area contributed by atoms with Crippen LogP contribution in [0.3, 0.4) is 0 Å². The Morgan fingerprint density at radius 2 is 1.74 bits per heavy atom. The molecule has 5 rings (SSSR count). The molecule has 2 heterocycles. The first kappa shape index (κ1) is 23.7. The highest BCUT2D eigenvalue weighted by Gasteiger charge is 2.35. The number of carbonyl (C=O) groups is 1. The van der Waals surface area contributed by atoms with Crippen LogP contribution in [0.15, 0.2) is 65.5 Å². The summed E-state index contributed by atoms with van der Waals surface area (Å²) in [4.78, 5) is 28.7. The van der Waals surface area contributed by atoms with Gasteiger partial charge in [-0.3, -0.25) is 9.59 Å².